The van der Waals surface area contributed by atoms with E-state index < -0.39 is 0 Å². The molecular weight excluding hydrogens is 388 g/mol. The summed E-state index contributed by atoms with van der Waals surface area (Å²) >= 11 is 1.29. The second-order valence-corrected chi connectivity index (χ2v) is 8.02. The first-order valence-corrected chi connectivity index (χ1v) is 10.5. The minimum absolute atomic E-state index is 0.0432. The highest BCUT2D eigenvalue weighted by molar-refractivity contribution is 7.99. The fourth-order valence-electron chi connectivity index (χ4n) is 3.04. The maximum Gasteiger partial charge on any atom is 0.238 e. The van der Waals surface area contributed by atoms with E-state index >= 15 is 0 Å². The number of carbonyl (C=O) groups excluding carboxylic acids is 2. The molecule has 0 bridgehead atoms. The molecular formula is C20H26N6O2S. The zero-order valence-corrected chi connectivity index (χ0v) is 17.5. The van der Waals surface area contributed by atoms with Crippen molar-refractivity contribution >= 4 is 35.1 Å². The van der Waals surface area contributed by atoms with E-state index in [1.165, 1.54) is 11.8 Å². The smallest absolute Gasteiger partial charge is 0.238 e. The normalized spacial score (nSPS) is 14.6. The van der Waals surface area contributed by atoms with Crippen LogP contribution in [0.2, 0.25) is 0 Å². The van der Waals surface area contributed by atoms with Gasteiger partial charge in [0.15, 0.2) is 5.16 Å². The Labute approximate surface area is 174 Å². The molecule has 3 rings (SSSR count). The summed E-state index contributed by atoms with van der Waals surface area (Å²) in [6.07, 6.45) is 0. The maximum absolute atomic E-state index is 12.5. The van der Waals surface area contributed by atoms with Gasteiger partial charge in [-0.25, -0.2) is 9.97 Å². The first-order chi connectivity index (χ1) is 13.9. The molecule has 3 N–H and O–H groups in total. The molecule has 1 saturated heterocycles. The van der Waals surface area contributed by atoms with Gasteiger partial charge < -0.3 is 16.0 Å². The van der Waals surface area contributed by atoms with Crippen molar-refractivity contribution in [2.45, 2.75) is 19.0 Å². The van der Waals surface area contributed by atoms with Gasteiger partial charge in [-0.2, -0.15) is 0 Å². The van der Waals surface area contributed by atoms with Crippen molar-refractivity contribution < 1.29 is 9.59 Å². The number of piperazine rings is 1. The molecule has 0 spiro atoms. The fourth-order valence-corrected chi connectivity index (χ4v) is 3.86. The standard InChI is InChI=1S/C20H26N6O2S/c1-14-3-5-16(6-4-14)23-18(27)12-25-7-9-26(10-8-25)19(28)13-29-20-22-15(2)11-17(21)24-20/h3-6,11H,7-10,12-13H2,1-2H3,(H,23,27)(H2,21,22,24). The molecule has 8 nitrogen and oxygen atoms in total. The molecule has 9 heteroatoms. The molecule has 1 aliphatic rings. The van der Waals surface area contributed by atoms with Crippen LogP contribution in [0.4, 0.5) is 11.5 Å². The van der Waals surface area contributed by atoms with E-state index in [0.29, 0.717) is 43.7 Å². The molecule has 1 aliphatic heterocycles. The van der Waals surface area contributed by atoms with E-state index in [1.54, 1.807) is 6.07 Å². The predicted molar refractivity (Wildman–Crippen MR) is 115 cm³/mol. The highest BCUT2D eigenvalue weighted by atomic mass is 32.2. The van der Waals surface area contributed by atoms with Crippen LogP contribution in [0, 0.1) is 13.8 Å². The van der Waals surface area contributed by atoms with Gasteiger partial charge in [-0.05, 0) is 26.0 Å². The Morgan fingerprint density at radius 1 is 1.10 bits per heavy atom. The van der Waals surface area contributed by atoms with Crippen molar-refractivity contribution in [3.63, 3.8) is 0 Å². The number of anilines is 2. The molecule has 0 saturated carbocycles. The second kappa shape index (κ2) is 9.71. The summed E-state index contributed by atoms with van der Waals surface area (Å²) < 4.78 is 0. The van der Waals surface area contributed by atoms with E-state index in [-0.39, 0.29) is 17.6 Å². The average Bonchev–Trinajstić information content (AvgIpc) is 2.68. The average molecular weight is 415 g/mol. The van der Waals surface area contributed by atoms with Crippen LogP contribution in [0.5, 0.6) is 0 Å². The van der Waals surface area contributed by atoms with Crippen LogP contribution in [-0.2, 0) is 9.59 Å². The topological polar surface area (TPSA) is 104 Å². The molecule has 0 aliphatic carbocycles. The molecule has 2 heterocycles. The molecule has 2 aromatic rings. The van der Waals surface area contributed by atoms with Gasteiger partial charge in [-0.3, -0.25) is 14.5 Å². The van der Waals surface area contributed by atoms with Crippen molar-refractivity contribution in [3.8, 4) is 0 Å². The second-order valence-electron chi connectivity index (χ2n) is 7.08. The number of aromatic nitrogens is 2. The molecule has 1 fully saturated rings. The Bertz CT molecular complexity index is 846. The number of nitrogen functional groups attached to an aromatic ring is 1. The number of nitrogens with zero attached hydrogens (tertiary/aromatic N) is 4. The zero-order valence-electron chi connectivity index (χ0n) is 16.7. The number of aryl methyl sites for hydroxylation is 2. The van der Waals surface area contributed by atoms with Crippen LogP contribution in [0.3, 0.4) is 0 Å². The number of amides is 2. The summed E-state index contributed by atoms with van der Waals surface area (Å²) in [4.78, 5) is 37.0. The van der Waals surface area contributed by atoms with E-state index in [4.69, 9.17) is 5.73 Å². The molecule has 29 heavy (non-hydrogen) atoms. The summed E-state index contributed by atoms with van der Waals surface area (Å²) in [7, 11) is 0. The number of hydrogen-bond donors (Lipinski definition) is 2. The lowest BCUT2D eigenvalue weighted by Crippen LogP contribution is -2.50. The highest BCUT2D eigenvalue weighted by Gasteiger charge is 2.22. The molecule has 154 valence electrons. The highest BCUT2D eigenvalue weighted by Crippen LogP contribution is 2.16. The SMILES string of the molecule is Cc1ccc(NC(=O)CN2CCN(C(=O)CSc3nc(C)cc(N)n3)CC2)cc1. The number of benzene rings is 1. The molecule has 1 aromatic carbocycles. The minimum Gasteiger partial charge on any atom is -0.384 e. The molecule has 1 aromatic heterocycles. The van der Waals surface area contributed by atoms with Crippen molar-refractivity contribution in [1.29, 1.82) is 0 Å². The zero-order chi connectivity index (χ0) is 20.8. The Morgan fingerprint density at radius 2 is 1.79 bits per heavy atom. The molecule has 0 atom stereocenters. The van der Waals surface area contributed by atoms with Crippen LogP contribution < -0.4 is 11.1 Å². The van der Waals surface area contributed by atoms with E-state index in [9.17, 15) is 9.59 Å². The van der Waals surface area contributed by atoms with Gasteiger partial charge >= 0.3 is 0 Å². The number of nitrogens with two attached hydrogens (primary N) is 1. The van der Waals surface area contributed by atoms with Crippen LogP contribution >= 0.6 is 11.8 Å². The largest absolute Gasteiger partial charge is 0.384 e. The monoisotopic (exact) mass is 414 g/mol. The van der Waals surface area contributed by atoms with Crippen molar-refractivity contribution in [1.82, 2.24) is 19.8 Å². The van der Waals surface area contributed by atoms with Crippen molar-refractivity contribution in [3.05, 3.63) is 41.6 Å². The molecule has 0 radical (unpaired) electrons. The third-order valence-corrected chi connectivity index (χ3v) is 5.44. The summed E-state index contributed by atoms with van der Waals surface area (Å²) in [6.45, 7) is 6.73. The van der Waals surface area contributed by atoms with Gasteiger partial charge in [0.05, 0.1) is 12.3 Å². The fraction of sp³-hybridized carbons (Fsp3) is 0.400. The summed E-state index contributed by atoms with van der Waals surface area (Å²) in [5, 5.41) is 3.43. The maximum atomic E-state index is 12.5. The van der Waals surface area contributed by atoms with Gasteiger partial charge in [0.1, 0.15) is 5.82 Å². The number of rotatable bonds is 6. The lowest BCUT2D eigenvalue weighted by Gasteiger charge is -2.34. The number of thioether (sulfide) groups is 1. The third-order valence-electron chi connectivity index (χ3n) is 4.61. The third kappa shape index (κ3) is 6.43. The van der Waals surface area contributed by atoms with Crippen LogP contribution in [0.1, 0.15) is 11.3 Å². The lowest BCUT2D eigenvalue weighted by molar-refractivity contribution is -0.130. The summed E-state index contributed by atoms with van der Waals surface area (Å²) in [5.74, 6) is 0.683. The Morgan fingerprint density at radius 3 is 2.45 bits per heavy atom. The first kappa shape index (κ1) is 21.1. The van der Waals surface area contributed by atoms with Gasteiger partial charge in [-0.1, -0.05) is 29.5 Å². The summed E-state index contributed by atoms with van der Waals surface area (Å²) in [5.41, 5.74) is 8.45. The Hall–Kier alpha value is -2.65. The Kier molecular flexibility index (Phi) is 7.05. The predicted octanol–water partition coefficient (Wildman–Crippen LogP) is 1.55. The first-order valence-electron chi connectivity index (χ1n) is 9.49. The van der Waals surface area contributed by atoms with Gasteiger partial charge in [0.2, 0.25) is 11.8 Å². The van der Waals surface area contributed by atoms with E-state index in [2.05, 4.69) is 20.2 Å². The Balaban J connectivity index is 1.40. The van der Waals surface area contributed by atoms with Gasteiger partial charge in [0, 0.05) is 43.6 Å². The summed E-state index contributed by atoms with van der Waals surface area (Å²) in [6, 6.07) is 9.42. The molecule has 0 unspecified atom stereocenters. The number of carbonyl (C=O) groups is 2. The van der Waals surface area contributed by atoms with Crippen molar-refractivity contribution in [2.24, 2.45) is 0 Å². The lowest BCUT2D eigenvalue weighted by atomic mass is 10.2. The number of hydrogen-bond acceptors (Lipinski definition) is 7. The van der Waals surface area contributed by atoms with Crippen LogP contribution in [0.15, 0.2) is 35.5 Å². The van der Waals surface area contributed by atoms with Crippen LogP contribution in [0.25, 0.3) is 0 Å². The quantitative estimate of drug-likeness (QED) is 0.546. The van der Waals surface area contributed by atoms with Crippen LogP contribution in [-0.4, -0.2) is 70.1 Å². The number of nitrogens with one attached hydrogen (secondary N) is 1. The van der Waals surface area contributed by atoms with E-state index in [1.807, 2.05) is 43.0 Å². The van der Waals surface area contributed by atoms with Crippen molar-refractivity contribution in [2.75, 3.05) is 49.5 Å². The minimum atomic E-state index is -0.0432. The molecule has 2 amide bonds. The van der Waals surface area contributed by atoms with Gasteiger partial charge in [0.25, 0.3) is 0 Å². The van der Waals surface area contributed by atoms with Gasteiger partial charge in [-0.15, -0.1) is 0 Å². The van der Waals surface area contributed by atoms with E-state index in [0.717, 1.165) is 16.9 Å².